The second-order valence-corrected chi connectivity index (χ2v) is 10.6. The number of nitrogens with one attached hydrogen (secondary N) is 3. The number of likely N-dealkylation sites (N-methyl/N-ethyl adjacent to an activating group) is 1. The summed E-state index contributed by atoms with van der Waals surface area (Å²) in [4.78, 5) is 35.6. The minimum atomic E-state index is -0.371. The van der Waals surface area contributed by atoms with E-state index >= 15 is 0 Å². The minimum absolute atomic E-state index is 0.121. The zero-order valence-corrected chi connectivity index (χ0v) is 22.7. The van der Waals surface area contributed by atoms with Gasteiger partial charge in [0.2, 0.25) is 5.95 Å². The van der Waals surface area contributed by atoms with Crippen LogP contribution in [-0.4, -0.2) is 69.7 Å². The van der Waals surface area contributed by atoms with E-state index in [1.807, 2.05) is 33.8 Å². The summed E-state index contributed by atoms with van der Waals surface area (Å²) in [5.74, 6) is 0.936. The summed E-state index contributed by atoms with van der Waals surface area (Å²) in [5, 5.41) is 14.1. The Labute approximate surface area is 223 Å². The Hall–Kier alpha value is -4.12. The molecule has 0 spiro atoms. The predicted molar refractivity (Wildman–Crippen MR) is 151 cm³/mol. The summed E-state index contributed by atoms with van der Waals surface area (Å²) >= 11 is 0. The standard InChI is InChI=1S/C27H36N10O/c1-17-7-8-18(25(38)34-22(29)14-21(28)27(2,3)4)13-19(17)33-24-23-20(31-16-32-24)15-30-26(35-23)37-10-6-9-36(5)11-12-37/h7-8,13-16,28H,6,9-12,29H2,1-5H3,(H,34,38)(H,31,32,33)/b22-14+,28-21?. The Kier molecular flexibility index (Phi) is 7.86. The van der Waals surface area contributed by atoms with Crippen LogP contribution in [0.15, 0.2) is 42.6 Å². The molecule has 11 heteroatoms. The Morgan fingerprint density at radius 2 is 1.92 bits per heavy atom. The van der Waals surface area contributed by atoms with Gasteiger partial charge in [-0.15, -0.1) is 0 Å². The molecule has 0 atom stereocenters. The Morgan fingerprint density at radius 3 is 2.68 bits per heavy atom. The molecule has 4 rings (SSSR count). The number of rotatable bonds is 6. The van der Waals surface area contributed by atoms with Crippen molar-refractivity contribution in [2.24, 2.45) is 11.1 Å². The number of hydrogen-bond donors (Lipinski definition) is 4. The highest BCUT2D eigenvalue weighted by molar-refractivity contribution is 6.00. The number of nitrogens with zero attached hydrogens (tertiary/aromatic N) is 6. The minimum Gasteiger partial charge on any atom is -0.385 e. The van der Waals surface area contributed by atoms with Crippen LogP contribution in [0.1, 0.15) is 43.1 Å². The van der Waals surface area contributed by atoms with Gasteiger partial charge in [-0.05, 0) is 50.7 Å². The van der Waals surface area contributed by atoms with Crippen molar-refractivity contribution in [3.05, 3.63) is 53.7 Å². The van der Waals surface area contributed by atoms with Crippen molar-refractivity contribution in [3.8, 4) is 0 Å². The molecule has 38 heavy (non-hydrogen) atoms. The topological polar surface area (TPSA) is 149 Å². The van der Waals surface area contributed by atoms with Gasteiger partial charge >= 0.3 is 0 Å². The molecule has 1 fully saturated rings. The van der Waals surface area contributed by atoms with Gasteiger partial charge in [0.05, 0.1) is 6.20 Å². The third-order valence-corrected chi connectivity index (χ3v) is 6.49. The summed E-state index contributed by atoms with van der Waals surface area (Å²) in [5.41, 5.74) is 9.23. The van der Waals surface area contributed by atoms with Crippen molar-refractivity contribution < 1.29 is 4.79 Å². The second kappa shape index (κ2) is 11.1. The van der Waals surface area contributed by atoms with Crippen LogP contribution in [0, 0.1) is 17.7 Å². The zero-order chi connectivity index (χ0) is 27.4. The van der Waals surface area contributed by atoms with Crippen molar-refractivity contribution in [3.63, 3.8) is 0 Å². The van der Waals surface area contributed by atoms with E-state index in [0.717, 1.165) is 38.2 Å². The largest absolute Gasteiger partial charge is 0.385 e. The predicted octanol–water partition coefficient (Wildman–Crippen LogP) is 3.21. The Balaban J connectivity index is 1.58. The lowest BCUT2D eigenvalue weighted by atomic mass is 9.90. The molecule has 0 aliphatic carbocycles. The fourth-order valence-electron chi connectivity index (χ4n) is 3.97. The van der Waals surface area contributed by atoms with E-state index < -0.39 is 0 Å². The molecule has 1 aliphatic rings. The molecule has 0 unspecified atom stereocenters. The van der Waals surface area contributed by atoms with E-state index in [-0.39, 0.29) is 17.1 Å². The van der Waals surface area contributed by atoms with E-state index in [4.69, 9.17) is 16.1 Å². The van der Waals surface area contributed by atoms with Crippen LogP contribution in [0.2, 0.25) is 0 Å². The van der Waals surface area contributed by atoms with E-state index in [0.29, 0.717) is 39.8 Å². The van der Waals surface area contributed by atoms with Gasteiger partial charge in [0.15, 0.2) is 5.82 Å². The second-order valence-electron chi connectivity index (χ2n) is 10.6. The van der Waals surface area contributed by atoms with Crippen LogP contribution in [0.5, 0.6) is 0 Å². The van der Waals surface area contributed by atoms with Crippen LogP contribution < -0.4 is 21.3 Å². The van der Waals surface area contributed by atoms with Gasteiger partial charge in [-0.2, -0.15) is 0 Å². The first kappa shape index (κ1) is 26.9. The molecule has 0 saturated carbocycles. The van der Waals surface area contributed by atoms with Crippen LogP contribution in [-0.2, 0) is 0 Å². The first-order valence-electron chi connectivity index (χ1n) is 12.7. The van der Waals surface area contributed by atoms with Gasteiger partial charge in [-0.1, -0.05) is 26.8 Å². The van der Waals surface area contributed by atoms with Crippen molar-refractivity contribution in [2.45, 2.75) is 34.1 Å². The molecule has 11 nitrogen and oxygen atoms in total. The average molecular weight is 517 g/mol. The van der Waals surface area contributed by atoms with Crippen LogP contribution in [0.25, 0.3) is 11.0 Å². The molecule has 200 valence electrons. The fourth-order valence-corrected chi connectivity index (χ4v) is 3.97. The van der Waals surface area contributed by atoms with Crippen molar-refractivity contribution in [1.29, 1.82) is 5.41 Å². The number of anilines is 3. The van der Waals surface area contributed by atoms with Gasteiger partial charge in [0.1, 0.15) is 23.2 Å². The van der Waals surface area contributed by atoms with Crippen LogP contribution in [0.3, 0.4) is 0 Å². The lowest BCUT2D eigenvalue weighted by Crippen LogP contribution is -2.30. The van der Waals surface area contributed by atoms with Crippen LogP contribution in [0.4, 0.5) is 17.5 Å². The summed E-state index contributed by atoms with van der Waals surface area (Å²) < 4.78 is 0. The molecule has 1 amide bonds. The number of carbonyl (C=O) groups excluding carboxylic acids is 1. The smallest absolute Gasteiger partial charge is 0.256 e. The van der Waals surface area contributed by atoms with E-state index in [2.05, 4.69) is 42.4 Å². The molecule has 1 saturated heterocycles. The van der Waals surface area contributed by atoms with Crippen molar-refractivity contribution in [2.75, 3.05) is 43.4 Å². The Morgan fingerprint density at radius 1 is 1.13 bits per heavy atom. The van der Waals surface area contributed by atoms with Crippen molar-refractivity contribution in [1.82, 2.24) is 30.2 Å². The molecule has 2 aromatic heterocycles. The number of nitrogens with two attached hydrogens (primary N) is 1. The summed E-state index contributed by atoms with van der Waals surface area (Å²) in [6.07, 6.45) is 5.70. The number of aryl methyl sites for hydroxylation is 1. The summed E-state index contributed by atoms with van der Waals surface area (Å²) in [6.45, 7) is 11.4. The lowest BCUT2D eigenvalue weighted by molar-refractivity contribution is 0.0965. The highest BCUT2D eigenvalue weighted by Gasteiger charge is 2.18. The first-order chi connectivity index (χ1) is 18.0. The van der Waals surface area contributed by atoms with Gasteiger partial charge in [0.25, 0.3) is 5.91 Å². The maximum Gasteiger partial charge on any atom is 0.256 e. The van der Waals surface area contributed by atoms with Gasteiger partial charge in [-0.3, -0.25) is 4.79 Å². The molecule has 1 aromatic carbocycles. The maximum atomic E-state index is 12.9. The molecule has 5 N–H and O–H groups in total. The Bertz CT molecular complexity index is 1380. The number of allylic oxidation sites excluding steroid dienone is 1. The molecular weight excluding hydrogens is 480 g/mol. The molecule has 0 radical (unpaired) electrons. The third-order valence-electron chi connectivity index (χ3n) is 6.49. The van der Waals surface area contributed by atoms with Gasteiger partial charge in [0, 0.05) is 42.0 Å². The number of hydrogen-bond acceptors (Lipinski definition) is 10. The third kappa shape index (κ3) is 6.41. The molecular formula is C27H36N10O. The molecule has 3 heterocycles. The van der Waals surface area contributed by atoms with Gasteiger partial charge in [-0.25, -0.2) is 19.9 Å². The number of amides is 1. The average Bonchev–Trinajstić information content (AvgIpc) is 3.09. The van der Waals surface area contributed by atoms with Gasteiger partial charge < -0.3 is 31.6 Å². The van der Waals surface area contributed by atoms with Crippen LogP contribution >= 0.6 is 0 Å². The number of benzene rings is 1. The molecule has 1 aliphatic heterocycles. The number of carbonyl (C=O) groups is 1. The highest BCUT2D eigenvalue weighted by atomic mass is 16.1. The fraction of sp³-hybridized carbons (Fsp3) is 0.407. The van der Waals surface area contributed by atoms with E-state index in [1.54, 1.807) is 18.3 Å². The summed E-state index contributed by atoms with van der Waals surface area (Å²) in [7, 11) is 2.12. The lowest BCUT2D eigenvalue weighted by Gasteiger charge is -2.20. The summed E-state index contributed by atoms with van der Waals surface area (Å²) in [6, 6.07) is 5.33. The van der Waals surface area contributed by atoms with E-state index in [9.17, 15) is 4.79 Å². The first-order valence-corrected chi connectivity index (χ1v) is 12.7. The maximum absolute atomic E-state index is 12.9. The molecule has 3 aromatic rings. The SMILES string of the molecule is Cc1ccc(C(=O)N/C(N)=C/C(=N)C(C)(C)C)cc1Nc1ncnc2cnc(N3CCCN(C)CC3)nc12. The highest BCUT2D eigenvalue weighted by Crippen LogP contribution is 2.26. The monoisotopic (exact) mass is 516 g/mol. The quantitative estimate of drug-likeness (QED) is 0.362. The normalized spacial score (nSPS) is 15.3. The zero-order valence-electron chi connectivity index (χ0n) is 22.7. The van der Waals surface area contributed by atoms with E-state index in [1.165, 1.54) is 12.4 Å². The number of fused-ring (bicyclic) bond motifs is 1. The number of aromatic nitrogens is 4. The molecule has 0 bridgehead atoms. The van der Waals surface area contributed by atoms with Crippen molar-refractivity contribution >= 4 is 40.1 Å².